The van der Waals surface area contributed by atoms with Gasteiger partial charge in [0.1, 0.15) is 9.88 Å². The van der Waals surface area contributed by atoms with E-state index in [1.54, 1.807) is 12.1 Å². The summed E-state index contributed by atoms with van der Waals surface area (Å²) in [5, 5.41) is 8.73. The van der Waals surface area contributed by atoms with E-state index >= 15 is 0 Å². The van der Waals surface area contributed by atoms with E-state index in [1.165, 1.54) is 12.1 Å². The maximum absolute atomic E-state index is 12.7. The SMILES string of the molecule is Nc1ccccc1-c1nc(C(F)(F)F)c(C(=O)O)s1. The lowest BCUT2D eigenvalue weighted by Gasteiger charge is -2.03. The van der Waals surface area contributed by atoms with Gasteiger partial charge < -0.3 is 10.8 Å². The minimum atomic E-state index is -4.81. The van der Waals surface area contributed by atoms with Gasteiger partial charge in [0, 0.05) is 11.3 Å². The van der Waals surface area contributed by atoms with Gasteiger partial charge in [0.05, 0.1) is 0 Å². The Labute approximate surface area is 109 Å². The molecule has 19 heavy (non-hydrogen) atoms. The molecular weight excluding hydrogens is 281 g/mol. The van der Waals surface area contributed by atoms with Gasteiger partial charge in [0.15, 0.2) is 5.69 Å². The average molecular weight is 288 g/mol. The summed E-state index contributed by atoms with van der Waals surface area (Å²) in [6.45, 7) is 0. The molecule has 1 aromatic heterocycles. The van der Waals surface area contributed by atoms with Crippen LogP contribution < -0.4 is 5.73 Å². The topological polar surface area (TPSA) is 76.2 Å². The van der Waals surface area contributed by atoms with Crippen LogP contribution in [0.5, 0.6) is 0 Å². The van der Waals surface area contributed by atoms with Gasteiger partial charge in [-0.3, -0.25) is 0 Å². The lowest BCUT2D eigenvalue weighted by molar-refractivity contribution is -0.141. The van der Waals surface area contributed by atoms with E-state index in [4.69, 9.17) is 10.8 Å². The van der Waals surface area contributed by atoms with Crippen LogP contribution in [0.4, 0.5) is 18.9 Å². The van der Waals surface area contributed by atoms with Gasteiger partial charge in [-0.1, -0.05) is 12.1 Å². The minimum Gasteiger partial charge on any atom is -0.477 e. The summed E-state index contributed by atoms with van der Waals surface area (Å²) < 4.78 is 38.1. The van der Waals surface area contributed by atoms with Gasteiger partial charge >= 0.3 is 12.1 Å². The van der Waals surface area contributed by atoms with Gasteiger partial charge in [-0.25, -0.2) is 9.78 Å². The number of rotatable bonds is 2. The summed E-state index contributed by atoms with van der Waals surface area (Å²) in [5.74, 6) is -1.66. The Morgan fingerprint density at radius 3 is 2.42 bits per heavy atom. The number of hydrogen-bond donors (Lipinski definition) is 2. The van der Waals surface area contributed by atoms with Crippen molar-refractivity contribution in [3.8, 4) is 10.6 Å². The average Bonchev–Trinajstić information content (AvgIpc) is 2.74. The summed E-state index contributed by atoms with van der Waals surface area (Å²) in [6, 6.07) is 6.19. The number of carboxylic acids is 1. The second-order valence-electron chi connectivity index (χ2n) is 3.59. The van der Waals surface area contributed by atoms with Crippen molar-refractivity contribution in [3.05, 3.63) is 34.8 Å². The number of alkyl halides is 3. The third kappa shape index (κ3) is 2.53. The first-order valence-corrected chi connectivity index (χ1v) is 5.78. The van der Waals surface area contributed by atoms with Crippen molar-refractivity contribution in [2.75, 3.05) is 5.73 Å². The van der Waals surface area contributed by atoms with Crippen LogP contribution in [-0.4, -0.2) is 16.1 Å². The highest BCUT2D eigenvalue weighted by Crippen LogP contribution is 2.38. The van der Waals surface area contributed by atoms with E-state index in [0.717, 1.165) is 0 Å². The smallest absolute Gasteiger partial charge is 0.435 e. The highest BCUT2D eigenvalue weighted by atomic mass is 32.1. The maximum Gasteiger partial charge on any atom is 0.435 e. The zero-order chi connectivity index (χ0) is 14.2. The summed E-state index contributed by atoms with van der Waals surface area (Å²) in [6.07, 6.45) is -4.81. The number of benzene rings is 1. The van der Waals surface area contributed by atoms with E-state index in [0.29, 0.717) is 11.3 Å². The predicted molar refractivity (Wildman–Crippen MR) is 63.9 cm³/mol. The van der Waals surface area contributed by atoms with Gasteiger partial charge in [-0.15, -0.1) is 11.3 Å². The second-order valence-corrected chi connectivity index (χ2v) is 4.59. The van der Waals surface area contributed by atoms with E-state index in [9.17, 15) is 18.0 Å². The zero-order valence-electron chi connectivity index (χ0n) is 9.23. The Bertz CT molecular complexity index is 637. The van der Waals surface area contributed by atoms with Crippen LogP contribution >= 0.6 is 11.3 Å². The molecule has 2 rings (SSSR count). The lowest BCUT2D eigenvalue weighted by Crippen LogP contribution is -2.11. The number of halogens is 3. The van der Waals surface area contributed by atoms with Crippen LogP contribution in [0.25, 0.3) is 10.6 Å². The molecule has 0 aliphatic carbocycles. The molecule has 3 N–H and O–H groups in total. The third-order valence-electron chi connectivity index (χ3n) is 2.28. The normalized spacial score (nSPS) is 11.5. The van der Waals surface area contributed by atoms with E-state index in [2.05, 4.69) is 4.98 Å². The van der Waals surface area contributed by atoms with Crippen molar-refractivity contribution >= 4 is 23.0 Å². The fraction of sp³-hybridized carbons (Fsp3) is 0.0909. The van der Waals surface area contributed by atoms with Crippen LogP contribution in [0.15, 0.2) is 24.3 Å². The number of aromatic carboxylic acids is 1. The number of para-hydroxylation sites is 1. The Morgan fingerprint density at radius 1 is 1.32 bits per heavy atom. The molecule has 100 valence electrons. The number of thiazole rings is 1. The Kier molecular flexibility index (Phi) is 3.19. The summed E-state index contributed by atoms with van der Waals surface area (Å²) in [7, 11) is 0. The molecule has 1 heterocycles. The molecule has 0 atom stereocenters. The van der Waals surface area contributed by atoms with Crippen molar-refractivity contribution in [2.45, 2.75) is 6.18 Å². The summed E-state index contributed by atoms with van der Waals surface area (Å²) >= 11 is 0.451. The molecule has 0 aliphatic heterocycles. The monoisotopic (exact) mass is 288 g/mol. The number of nitrogens with two attached hydrogens (primary N) is 1. The Balaban J connectivity index is 2.62. The van der Waals surface area contributed by atoms with Crippen molar-refractivity contribution < 1.29 is 23.1 Å². The zero-order valence-corrected chi connectivity index (χ0v) is 10.0. The number of carboxylic acid groups (broad SMARTS) is 1. The van der Waals surface area contributed by atoms with Crippen molar-refractivity contribution in [2.24, 2.45) is 0 Å². The van der Waals surface area contributed by atoms with Crippen LogP contribution in [-0.2, 0) is 6.18 Å². The van der Waals surface area contributed by atoms with Gasteiger partial charge in [0.2, 0.25) is 0 Å². The predicted octanol–water partition coefficient (Wildman–Crippen LogP) is 3.11. The lowest BCUT2D eigenvalue weighted by atomic mass is 10.2. The Morgan fingerprint density at radius 2 is 1.95 bits per heavy atom. The molecular formula is C11H7F3N2O2S. The van der Waals surface area contributed by atoms with E-state index < -0.39 is 22.7 Å². The molecule has 0 saturated heterocycles. The van der Waals surface area contributed by atoms with Crippen LogP contribution in [0, 0.1) is 0 Å². The molecule has 0 radical (unpaired) electrons. The molecule has 0 spiro atoms. The number of aromatic nitrogens is 1. The summed E-state index contributed by atoms with van der Waals surface area (Å²) in [5.41, 5.74) is 4.76. The fourth-order valence-electron chi connectivity index (χ4n) is 1.46. The van der Waals surface area contributed by atoms with Gasteiger partial charge in [-0.05, 0) is 12.1 Å². The first kappa shape index (κ1) is 13.3. The van der Waals surface area contributed by atoms with Crippen molar-refractivity contribution in [3.63, 3.8) is 0 Å². The Hall–Kier alpha value is -2.09. The van der Waals surface area contributed by atoms with Crippen LogP contribution in [0.3, 0.4) is 0 Å². The third-order valence-corrected chi connectivity index (χ3v) is 3.36. The quantitative estimate of drug-likeness (QED) is 0.832. The number of carbonyl (C=O) groups is 1. The number of hydrogen-bond acceptors (Lipinski definition) is 4. The van der Waals surface area contributed by atoms with Crippen molar-refractivity contribution in [1.29, 1.82) is 0 Å². The number of nitrogen functional groups attached to an aromatic ring is 1. The molecule has 4 nitrogen and oxygen atoms in total. The minimum absolute atomic E-state index is 0.0668. The highest BCUT2D eigenvalue weighted by Gasteiger charge is 2.39. The molecule has 0 unspecified atom stereocenters. The maximum atomic E-state index is 12.7. The highest BCUT2D eigenvalue weighted by molar-refractivity contribution is 7.17. The molecule has 0 bridgehead atoms. The first-order valence-electron chi connectivity index (χ1n) is 4.97. The second kappa shape index (κ2) is 4.54. The van der Waals surface area contributed by atoms with Crippen LogP contribution in [0.2, 0.25) is 0 Å². The molecule has 1 aromatic carbocycles. The molecule has 8 heteroatoms. The van der Waals surface area contributed by atoms with Crippen LogP contribution in [0.1, 0.15) is 15.4 Å². The van der Waals surface area contributed by atoms with Crippen molar-refractivity contribution in [1.82, 2.24) is 4.98 Å². The van der Waals surface area contributed by atoms with E-state index in [1.807, 2.05) is 0 Å². The molecule has 0 amide bonds. The standard InChI is InChI=1S/C11H7F3N2O2S/c12-11(13,14)8-7(10(17)18)19-9(16-8)5-3-1-2-4-6(5)15/h1-4H,15H2,(H,17,18). The first-order chi connectivity index (χ1) is 8.80. The number of nitrogens with zero attached hydrogens (tertiary/aromatic N) is 1. The van der Waals surface area contributed by atoms with Gasteiger partial charge in [-0.2, -0.15) is 13.2 Å². The van der Waals surface area contributed by atoms with E-state index in [-0.39, 0.29) is 16.3 Å². The molecule has 0 saturated carbocycles. The molecule has 0 aliphatic rings. The summed E-state index contributed by atoms with van der Waals surface area (Å²) in [4.78, 5) is 13.4. The number of anilines is 1. The molecule has 2 aromatic rings. The molecule has 0 fully saturated rings. The largest absolute Gasteiger partial charge is 0.477 e. The fourth-order valence-corrected chi connectivity index (χ4v) is 2.44. The van der Waals surface area contributed by atoms with Gasteiger partial charge in [0.25, 0.3) is 0 Å².